The molecule has 0 unspecified atom stereocenters. The lowest BCUT2D eigenvalue weighted by Crippen LogP contribution is -2.40. The average molecular weight is 400 g/mol. The molecule has 1 aliphatic rings. The standard InChI is InChI=1S/C25H22ClN3/c1-28(22-15-13-21(26)18-8-3-4-9-19(18)22)25(27)29(2)23-14-11-17-7-5-6-16-10-12-20(23)24(16)17/h3-9,11,13-15,27H,10,12H2,1-2H3. The molecule has 0 aromatic heterocycles. The van der Waals surface area contributed by atoms with Crippen LogP contribution in [0, 0.1) is 5.41 Å². The number of anilines is 2. The molecule has 0 atom stereocenters. The molecule has 29 heavy (non-hydrogen) atoms. The Morgan fingerprint density at radius 3 is 2.34 bits per heavy atom. The van der Waals surface area contributed by atoms with Gasteiger partial charge in [0, 0.05) is 35.6 Å². The van der Waals surface area contributed by atoms with Gasteiger partial charge in [0.2, 0.25) is 5.96 Å². The number of hydrogen-bond donors (Lipinski definition) is 1. The molecule has 0 saturated carbocycles. The van der Waals surface area contributed by atoms with Crippen molar-refractivity contribution < 1.29 is 0 Å². The van der Waals surface area contributed by atoms with Crippen LogP contribution in [-0.4, -0.2) is 20.1 Å². The number of guanidine groups is 1. The van der Waals surface area contributed by atoms with Crippen LogP contribution in [0.1, 0.15) is 11.1 Å². The highest BCUT2D eigenvalue weighted by Crippen LogP contribution is 2.38. The summed E-state index contributed by atoms with van der Waals surface area (Å²) in [5.74, 6) is 0.428. The Bertz CT molecular complexity index is 1280. The number of nitrogens with zero attached hydrogens (tertiary/aromatic N) is 2. The molecule has 4 aromatic carbocycles. The number of nitrogens with one attached hydrogen (secondary N) is 1. The third-order valence-corrected chi connectivity index (χ3v) is 6.39. The smallest absolute Gasteiger partial charge is 0.202 e. The molecule has 144 valence electrons. The minimum Gasteiger partial charge on any atom is -0.315 e. The fourth-order valence-corrected chi connectivity index (χ4v) is 4.78. The van der Waals surface area contributed by atoms with E-state index in [4.69, 9.17) is 17.0 Å². The summed E-state index contributed by atoms with van der Waals surface area (Å²) in [5, 5.41) is 14.4. The van der Waals surface area contributed by atoms with Crippen molar-refractivity contribution in [2.45, 2.75) is 12.8 Å². The summed E-state index contributed by atoms with van der Waals surface area (Å²) < 4.78 is 0. The summed E-state index contributed by atoms with van der Waals surface area (Å²) in [4.78, 5) is 3.91. The van der Waals surface area contributed by atoms with E-state index in [2.05, 4.69) is 36.4 Å². The number of aryl methyl sites for hydroxylation is 2. The van der Waals surface area contributed by atoms with Crippen molar-refractivity contribution in [2.24, 2.45) is 0 Å². The summed E-state index contributed by atoms with van der Waals surface area (Å²) in [6, 6.07) is 22.8. The second-order valence-electron chi connectivity index (χ2n) is 7.63. The van der Waals surface area contributed by atoms with Crippen molar-refractivity contribution in [2.75, 3.05) is 23.9 Å². The number of rotatable bonds is 2. The number of benzene rings is 4. The Hall–Kier alpha value is -3.04. The van der Waals surface area contributed by atoms with Gasteiger partial charge in [0.25, 0.3) is 0 Å². The highest BCUT2D eigenvalue weighted by Gasteiger charge is 2.23. The quantitative estimate of drug-likeness (QED) is 0.319. The van der Waals surface area contributed by atoms with Crippen LogP contribution < -0.4 is 9.80 Å². The van der Waals surface area contributed by atoms with Gasteiger partial charge >= 0.3 is 0 Å². The first-order valence-electron chi connectivity index (χ1n) is 9.83. The van der Waals surface area contributed by atoms with E-state index in [0.717, 1.165) is 40.0 Å². The molecule has 0 aliphatic heterocycles. The van der Waals surface area contributed by atoms with Gasteiger partial charge in [-0.1, -0.05) is 60.1 Å². The zero-order chi connectivity index (χ0) is 20.1. The van der Waals surface area contributed by atoms with Crippen molar-refractivity contribution in [1.82, 2.24) is 0 Å². The van der Waals surface area contributed by atoms with Crippen molar-refractivity contribution in [3.8, 4) is 0 Å². The van der Waals surface area contributed by atoms with Crippen LogP contribution in [0.2, 0.25) is 5.02 Å². The normalized spacial score (nSPS) is 12.5. The van der Waals surface area contributed by atoms with Crippen LogP contribution >= 0.6 is 11.6 Å². The van der Waals surface area contributed by atoms with E-state index in [1.807, 2.05) is 54.2 Å². The van der Waals surface area contributed by atoms with Crippen LogP contribution in [0.4, 0.5) is 11.4 Å². The minimum atomic E-state index is 0.428. The maximum Gasteiger partial charge on any atom is 0.202 e. The Balaban J connectivity index is 1.56. The molecule has 1 N–H and O–H groups in total. The van der Waals surface area contributed by atoms with Crippen LogP contribution in [0.15, 0.2) is 66.7 Å². The molecule has 0 heterocycles. The molecular weight excluding hydrogens is 378 g/mol. The van der Waals surface area contributed by atoms with Crippen LogP contribution in [0.3, 0.4) is 0 Å². The monoisotopic (exact) mass is 399 g/mol. The molecule has 4 aromatic rings. The molecule has 0 spiro atoms. The van der Waals surface area contributed by atoms with Crippen LogP contribution in [0.5, 0.6) is 0 Å². The van der Waals surface area contributed by atoms with E-state index in [0.29, 0.717) is 5.96 Å². The third kappa shape index (κ3) is 2.77. The van der Waals surface area contributed by atoms with Gasteiger partial charge in [-0.05, 0) is 52.9 Å². The second-order valence-corrected chi connectivity index (χ2v) is 8.04. The van der Waals surface area contributed by atoms with Gasteiger partial charge in [0.1, 0.15) is 0 Å². The van der Waals surface area contributed by atoms with Gasteiger partial charge in [-0.3, -0.25) is 5.41 Å². The van der Waals surface area contributed by atoms with Gasteiger partial charge in [-0.25, -0.2) is 0 Å². The van der Waals surface area contributed by atoms with E-state index in [9.17, 15) is 0 Å². The van der Waals surface area contributed by atoms with Crippen molar-refractivity contribution in [1.29, 1.82) is 5.41 Å². The lowest BCUT2D eigenvalue weighted by molar-refractivity contribution is 1.01. The first-order valence-corrected chi connectivity index (χ1v) is 10.2. The van der Waals surface area contributed by atoms with Gasteiger partial charge < -0.3 is 9.80 Å². The van der Waals surface area contributed by atoms with E-state index in [-0.39, 0.29) is 0 Å². The third-order valence-electron chi connectivity index (χ3n) is 6.07. The number of fused-ring (bicyclic) bond motifs is 1. The highest BCUT2D eigenvalue weighted by atomic mass is 35.5. The molecule has 1 aliphatic carbocycles. The molecule has 0 radical (unpaired) electrons. The number of halogens is 1. The number of hydrogen-bond acceptors (Lipinski definition) is 1. The summed E-state index contributed by atoms with van der Waals surface area (Å²) >= 11 is 6.39. The van der Waals surface area contributed by atoms with Gasteiger partial charge in [0.05, 0.1) is 5.69 Å². The second kappa shape index (κ2) is 6.78. The van der Waals surface area contributed by atoms with E-state index < -0.39 is 0 Å². The zero-order valence-corrected chi connectivity index (χ0v) is 17.3. The first-order chi connectivity index (χ1) is 14.1. The van der Waals surface area contributed by atoms with Crippen LogP contribution in [0.25, 0.3) is 21.5 Å². The van der Waals surface area contributed by atoms with Crippen molar-refractivity contribution >= 4 is 50.5 Å². The highest BCUT2D eigenvalue weighted by molar-refractivity contribution is 6.36. The maximum absolute atomic E-state index is 8.92. The minimum absolute atomic E-state index is 0.428. The predicted octanol–water partition coefficient (Wildman–Crippen LogP) is 6.25. The zero-order valence-electron chi connectivity index (χ0n) is 16.5. The lowest BCUT2D eigenvalue weighted by atomic mass is 10.0. The Labute approximate surface area is 175 Å². The van der Waals surface area contributed by atoms with Crippen LogP contribution in [-0.2, 0) is 12.8 Å². The molecule has 0 saturated heterocycles. The Morgan fingerprint density at radius 1 is 0.793 bits per heavy atom. The topological polar surface area (TPSA) is 30.3 Å². The molecule has 5 rings (SSSR count). The largest absolute Gasteiger partial charge is 0.315 e. The molecule has 0 fully saturated rings. The summed E-state index contributed by atoms with van der Waals surface area (Å²) in [6.45, 7) is 0. The van der Waals surface area contributed by atoms with Crippen molar-refractivity contribution in [3.05, 3.63) is 82.9 Å². The summed E-state index contributed by atoms with van der Waals surface area (Å²) in [6.07, 6.45) is 2.10. The molecule has 0 bridgehead atoms. The Morgan fingerprint density at radius 2 is 1.52 bits per heavy atom. The molecular formula is C25H22ClN3. The Kier molecular flexibility index (Phi) is 4.21. The molecule has 0 amide bonds. The fourth-order valence-electron chi connectivity index (χ4n) is 4.55. The van der Waals surface area contributed by atoms with Gasteiger partial charge in [-0.15, -0.1) is 0 Å². The van der Waals surface area contributed by atoms with Crippen molar-refractivity contribution in [3.63, 3.8) is 0 Å². The van der Waals surface area contributed by atoms with E-state index in [1.165, 1.54) is 21.9 Å². The van der Waals surface area contributed by atoms with Gasteiger partial charge in [-0.2, -0.15) is 0 Å². The molecule has 4 heteroatoms. The summed E-state index contributed by atoms with van der Waals surface area (Å²) in [5.41, 5.74) is 4.84. The summed E-state index contributed by atoms with van der Waals surface area (Å²) in [7, 11) is 3.93. The molecule has 3 nitrogen and oxygen atoms in total. The first kappa shape index (κ1) is 18.0. The SMILES string of the molecule is CN(C(=N)N(C)c1ccc(Cl)c2ccccc12)c1ccc2cccc3c2c1CC3. The van der Waals surface area contributed by atoms with Gasteiger partial charge in [0.15, 0.2) is 0 Å². The predicted molar refractivity (Wildman–Crippen MR) is 125 cm³/mol. The fraction of sp³-hybridized carbons (Fsp3) is 0.160. The van der Waals surface area contributed by atoms with E-state index >= 15 is 0 Å². The lowest BCUT2D eigenvalue weighted by Gasteiger charge is -2.30. The van der Waals surface area contributed by atoms with E-state index in [1.54, 1.807) is 0 Å². The maximum atomic E-state index is 8.92. The average Bonchev–Trinajstić information content (AvgIpc) is 3.19.